The molecule has 0 spiro atoms. The summed E-state index contributed by atoms with van der Waals surface area (Å²) in [5.74, 6) is 0. The van der Waals surface area contributed by atoms with Crippen LogP contribution in [0.25, 0.3) is 0 Å². The molecule has 0 heterocycles. The molecule has 1 atom stereocenters. The van der Waals surface area contributed by atoms with Crippen LogP contribution in [0.4, 0.5) is 0 Å². The van der Waals surface area contributed by atoms with E-state index >= 15 is 0 Å². The molecule has 3 nitrogen and oxygen atoms in total. The molecule has 17 heavy (non-hydrogen) atoms. The molecule has 0 amide bonds. The zero-order valence-electron chi connectivity index (χ0n) is 11.6. The Hall–Kier alpha value is -0.590. The Bertz CT molecular complexity index is 255. The Kier molecular flexibility index (Phi) is 5.94. The number of hydrogen-bond donors (Lipinski definition) is 1. The van der Waals surface area contributed by atoms with Gasteiger partial charge in [0.1, 0.15) is 5.54 Å². The number of nitriles is 1. The topological polar surface area (TPSA) is 39.1 Å². The average molecular weight is 237 g/mol. The minimum atomic E-state index is -0.296. The van der Waals surface area contributed by atoms with Crippen molar-refractivity contribution in [2.24, 2.45) is 0 Å². The second-order valence-corrected chi connectivity index (χ2v) is 5.25. The van der Waals surface area contributed by atoms with Crippen molar-refractivity contribution in [3.63, 3.8) is 0 Å². The first-order chi connectivity index (χ1) is 8.17. The van der Waals surface area contributed by atoms with Gasteiger partial charge in [-0.25, -0.2) is 0 Å². The molecule has 1 fully saturated rings. The van der Waals surface area contributed by atoms with Crippen molar-refractivity contribution in [3.8, 4) is 6.07 Å². The van der Waals surface area contributed by atoms with E-state index in [1.54, 1.807) is 0 Å². The zero-order chi connectivity index (χ0) is 12.7. The van der Waals surface area contributed by atoms with Crippen LogP contribution >= 0.6 is 0 Å². The molecule has 3 heteroatoms. The van der Waals surface area contributed by atoms with E-state index in [0.29, 0.717) is 0 Å². The maximum absolute atomic E-state index is 9.31. The lowest BCUT2D eigenvalue weighted by Gasteiger charge is -2.35. The van der Waals surface area contributed by atoms with Gasteiger partial charge in [-0.15, -0.1) is 0 Å². The fraction of sp³-hybridized carbons (Fsp3) is 0.929. The van der Waals surface area contributed by atoms with Crippen LogP contribution in [0.3, 0.4) is 0 Å². The molecule has 0 aromatic carbocycles. The summed E-state index contributed by atoms with van der Waals surface area (Å²) in [7, 11) is 2.22. The van der Waals surface area contributed by atoms with Crippen LogP contribution < -0.4 is 5.32 Å². The summed E-state index contributed by atoms with van der Waals surface area (Å²) in [5, 5.41) is 12.7. The van der Waals surface area contributed by atoms with E-state index < -0.39 is 0 Å². The molecule has 0 aliphatic heterocycles. The molecule has 98 valence electrons. The maximum Gasteiger partial charge on any atom is 0.106 e. The minimum absolute atomic E-state index is 0.296. The van der Waals surface area contributed by atoms with Crippen molar-refractivity contribution >= 4 is 0 Å². The molecule has 1 aliphatic carbocycles. The van der Waals surface area contributed by atoms with Crippen LogP contribution in [-0.2, 0) is 0 Å². The van der Waals surface area contributed by atoms with Gasteiger partial charge < -0.3 is 4.90 Å². The van der Waals surface area contributed by atoms with Gasteiger partial charge >= 0.3 is 0 Å². The highest BCUT2D eigenvalue weighted by Gasteiger charge is 2.27. The zero-order valence-corrected chi connectivity index (χ0v) is 11.6. The maximum atomic E-state index is 9.31. The molecule has 0 radical (unpaired) electrons. The van der Waals surface area contributed by atoms with Gasteiger partial charge in [0, 0.05) is 6.04 Å². The normalized spacial score (nSPS) is 19.7. The van der Waals surface area contributed by atoms with E-state index in [4.69, 9.17) is 0 Å². The van der Waals surface area contributed by atoms with Crippen LogP contribution in [0.15, 0.2) is 0 Å². The van der Waals surface area contributed by atoms with Gasteiger partial charge in [-0.1, -0.05) is 20.3 Å². The Morgan fingerprint density at radius 1 is 1.41 bits per heavy atom. The Morgan fingerprint density at radius 3 is 2.53 bits per heavy atom. The molecule has 0 aromatic rings. The fourth-order valence-electron chi connectivity index (χ4n) is 2.54. The molecule has 1 N–H and O–H groups in total. The summed E-state index contributed by atoms with van der Waals surface area (Å²) in [6.07, 6.45) is 7.09. The van der Waals surface area contributed by atoms with Crippen molar-refractivity contribution in [2.45, 2.75) is 64.0 Å². The smallest absolute Gasteiger partial charge is 0.106 e. The second-order valence-electron chi connectivity index (χ2n) is 5.25. The predicted octanol–water partition coefficient (Wildman–Crippen LogP) is 2.53. The van der Waals surface area contributed by atoms with Gasteiger partial charge in [0.15, 0.2) is 0 Å². The minimum Gasteiger partial charge on any atom is -0.303 e. The summed E-state index contributed by atoms with van der Waals surface area (Å²) in [5.41, 5.74) is -0.296. The monoisotopic (exact) mass is 237 g/mol. The highest BCUT2D eigenvalue weighted by atomic mass is 15.1. The quantitative estimate of drug-likeness (QED) is 0.705. The molecule has 1 unspecified atom stereocenters. The largest absolute Gasteiger partial charge is 0.303 e. The Morgan fingerprint density at radius 2 is 2.12 bits per heavy atom. The van der Waals surface area contributed by atoms with E-state index in [1.165, 1.54) is 19.3 Å². The van der Waals surface area contributed by atoms with Gasteiger partial charge in [-0.3, -0.25) is 5.32 Å². The lowest BCUT2D eigenvalue weighted by Crippen LogP contribution is -2.44. The fourth-order valence-corrected chi connectivity index (χ4v) is 2.54. The number of rotatable bonds is 8. The van der Waals surface area contributed by atoms with Crippen molar-refractivity contribution in [2.75, 3.05) is 20.1 Å². The van der Waals surface area contributed by atoms with Gasteiger partial charge in [-0.2, -0.15) is 5.26 Å². The van der Waals surface area contributed by atoms with E-state index in [1.807, 2.05) is 0 Å². The molecule has 0 saturated heterocycles. The number of hydrogen-bond acceptors (Lipinski definition) is 3. The average Bonchev–Trinajstić information content (AvgIpc) is 2.25. The van der Waals surface area contributed by atoms with Crippen LogP contribution in [-0.4, -0.2) is 36.6 Å². The van der Waals surface area contributed by atoms with Crippen LogP contribution in [0.5, 0.6) is 0 Å². The van der Waals surface area contributed by atoms with Crippen molar-refractivity contribution < 1.29 is 0 Å². The van der Waals surface area contributed by atoms with Gasteiger partial charge in [0.2, 0.25) is 0 Å². The molecular weight excluding hydrogens is 210 g/mol. The second kappa shape index (κ2) is 6.98. The third-order valence-corrected chi connectivity index (χ3v) is 4.15. The first kappa shape index (κ1) is 14.5. The van der Waals surface area contributed by atoms with Gasteiger partial charge in [-0.05, 0) is 52.2 Å². The molecule has 0 aromatic heterocycles. The van der Waals surface area contributed by atoms with Gasteiger partial charge in [0.05, 0.1) is 6.07 Å². The SMILES string of the molecule is CCNC(C#N)(CC)CCCN(C)C1CCC1. The van der Waals surface area contributed by atoms with Gasteiger partial charge in [0.25, 0.3) is 0 Å². The van der Waals surface area contributed by atoms with E-state index in [2.05, 4.69) is 37.2 Å². The summed E-state index contributed by atoms with van der Waals surface area (Å²) in [6, 6.07) is 3.28. The molecule has 1 saturated carbocycles. The van der Waals surface area contributed by atoms with E-state index in [-0.39, 0.29) is 5.54 Å². The molecule has 1 rings (SSSR count). The van der Waals surface area contributed by atoms with Crippen molar-refractivity contribution in [1.29, 1.82) is 5.26 Å². The Balaban J connectivity index is 2.28. The molecule has 0 bridgehead atoms. The lowest BCUT2D eigenvalue weighted by atomic mass is 9.90. The summed E-state index contributed by atoms with van der Waals surface area (Å²) >= 11 is 0. The molecular formula is C14H27N3. The number of nitrogens with zero attached hydrogens (tertiary/aromatic N) is 2. The summed E-state index contributed by atoms with van der Waals surface area (Å²) < 4.78 is 0. The first-order valence-corrected chi connectivity index (χ1v) is 7.04. The standard InChI is InChI=1S/C14H27N3/c1-4-14(12-15,16-5-2)10-7-11-17(3)13-8-6-9-13/h13,16H,4-11H2,1-3H3. The predicted molar refractivity (Wildman–Crippen MR) is 71.8 cm³/mol. The molecule has 1 aliphatic rings. The Labute approximate surface area is 106 Å². The first-order valence-electron chi connectivity index (χ1n) is 7.04. The lowest BCUT2D eigenvalue weighted by molar-refractivity contribution is 0.153. The van der Waals surface area contributed by atoms with Crippen molar-refractivity contribution in [1.82, 2.24) is 10.2 Å². The van der Waals surface area contributed by atoms with Crippen LogP contribution in [0.1, 0.15) is 52.4 Å². The van der Waals surface area contributed by atoms with E-state index in [0.717, 1.165) is 38.4 Å². The third kappa shape index (κ3) is 3.97. The summed E-state index contributed by atoms with van der Waals surface area (Å²) in [4.78, 5) is 2.47. The third-order valence-electron chi connectivity index (χ3n) is 4.15. The van der Waals surface area contributed by atoms with Crippen LogP contribution in [0.2, 0.25) is 0 Å². The highest BCUT2D eigenvalue weighted by molar-refractivity contribution is 5.06. The van der Waals surface area contributed by atoms with E-state index in [9.17, 15) is 5.26 Å². The summed E-state index contributed by atoms with van der Waals surface area (Å²) in [6.45, 7) is 6.17. The highest BCUT2D eigenvalue weighted by Crippen LogP contribution is 2.24. The van der Waals surface area contributed by atoms with Crippen LogP contribution in [0, 0.1) is 11.3 Å². The number of nitrogens with one attached hydrogen (secondary N) is 1. The van der Waals surface area contributed by atoms with Crippen molar-refractivity contribution in [3.05, 3.63) is 0 Å².